The van der Waals surface area contributed by atoms with Crippen LogP contribution in [0.1, 0.15) is 11.1 Å². The van der Waals surface area contributed by atoms with Crippen molar-refractivity contribution in [3.05, 3.63) is 71.8 Å². The van der Waals surface area contributed by atoms with Gasteiger partial charge in [0.1, 0.15) is 12.6 Å². The fourth-order valence-electron chi connectivity index (χ4n) is 2.36. The number of rotatable bonds is 7. The van der Waals surface area contributed by atoms with Crippen molar-refractivity contribution in [2.24, 2.45) is 0 Å². The lowest BCUT2D eigenvalue weighted by Crippen LogP contribution is -2.54. The van der Waals surface area contributed by atoms with Crippen LogP contribution in [0.5, 0.6) is 0 Å². The highest BCUT2D eigenvalue weighted by molar-refractivity contribution is 9.09. The topological polar surface area (TPSA) is 87.7 Å². The van der Waals surface area contributed by atoms with Crippen LogP contribution < -0.4 is 10.7 Å². The number of alkyl carbamates (subject to hydrolysis) is 1. The van der Waals surface area contributed by atoms with E-state index in [4.69, 9.17) is 4.74 Å². The largest absolute Gasteiger partial charge is 0.445 e. The third kappa shape index (κ3) is 7.03. The summed E-state index contributed by atoms with van der Waals surface area (Å²) < 4.78 is 5.20. The second-order valence-corrected chi connectivity index (χ2v) is 6.57. The first-order valence-electron chi connectivity index (χ1n) is 8.63. The highest BCUT2D eigenvalue weighted by Gasteiger charge is 2.24. The molecule has 2 aromatic carbocycles. The lowest BCUT2D eigenvalue weighted by Gasteiger charge is -2.23. The first-order chi connectivity index (χ1) is 13.5. The molecule has 0 spiro atoms. The molecule has 0 aromatic heterocycles. The molecule has 148 valence electrons. The maximum Gasteiger partial charge on any atom is 0.408 e. The summed E-state index contributed by atoms with van der Waals surface area (Å²) in [6.07, 6.45) is -0.460. The van der Waals surface area contributed by atoms with E-state index >= 15 is 0 Å². The van der Waals surface area contributed by atoms with Crippen LogP contribution in [-0.2, 0) is 27.4 Å². The molecule has 0 aliphatic heterocycles. The molecule has 2 rings (SSSR count). The summed E-state index contributed by atoms with van der Waals surface area (Å²) >= 11 is 3.05. The number of carbonyl (C=O) groups is 3. The predicted molar refractivity (Wildman–Crippen MR) is 108 cm³/mol. The summed E-state index contributed by atoms with van der Waals surface area (Å²) in [5, 5.41) is 3.72. The minimum atomic E-state index is -0.906. The quantitative estimate of drug-likeness (QED) is 0.503. The SMILES string of the molecule is CN(NC(=O)[C@H](Cc1ccccc1)NC(=O)OCc1ccccc1)C(=O)CBr. The minimum absolute atomic E-state index is 0.0691. The average Bonchev–Trinajstić information content (AvgIpc) is 2.72. The molecule has 0 heterocycles. The molecule has 0 saturated heterocycles. The molecule has 0 fully saturated rings. The van der Waals surface area contributed by atoms with E-state index in [2.05, 4.69) is 26.7 Å². The highest BCUT2D eigenvalue weighted by atomic mass is 79.9. The molecule has 0 bridgehead atoms. The summed E-state index contributed by atoms with van der Waals surface area (Å²) in [6, 6.07) is 17.6. The van der Waals surface area contributed by atoms with Gasteiger partial charge in [0.05, 0.1) is 5.33 Å². The molecular formula is C20H22BrN3O4. The van der Waals surface area contributed by atoms with Crippen molar-refractivity contribution in [2.75, 3.05) is 12.4 Å². The zero-order chi connectivity index (χ0) is 20.4. The first kappa shape index (κ1) is 21.4. The van der Waals surface area contributed by atoms with Gasteiger partial charge in [-0.1, -0.05) is 76.6 Å². The fraction of sp³-hybridized carbons (Fsp3) is 0.250. The Hall–Kier alpha value is -2.87. The van der Waals surface area contributed by atoms with Gasteiger partial charge in [-0.3, -0.25) is 20.0 Å². The summed E-state index contributed by atoms with van der Waals surface area (Å²) in [4.78, 5) is 36.5. The van der Waals surface area contributed by atoms with Gasteiger partial charge in [0.2, 0.25) is 0 Å². The van der Waals surface area contributed by atoms with Crippen molar-refractivity contribution in [3.63, 3.8) is 0 Å². The van der Waals surface area contributed by atoms with E-state index in [1.54, 1.807) is 0 Å². The van der Waals surface area contributed by atoms with Crippen molar-refractivity contribution in [1.82, 2.24) is 15.8 Å². The molecule has 1 atom stereocenters. The summed E-state index contributed by atoms with van der Waals surface area (Å²) in [5.41, 5.74) is 4.17. The van der Waals surface area contributed by atoms with E-state index in [0.717, 1.165) is 16.1 Å². The van der Waals surface area contributed by atoms with E-state index in [-0.39, 0.29) is 24.3 Å². The normalized spacial score (nSPS) is 11.2. The zero-order valence-electron chi connectivity index (χ0n) is 15.4. The number of hydrogen-bond acceptors (Lipinski definition) is 4. The number of hydrogen-bond donors (Lipinski definition) is 2. The van der Waals surface area contributed by atoms with Gasteiger partial charge in [-0.2, -0.15) is 0 Å². The van der Waals surface area contributed by atoms with Crippen LogP contribution in [0.3, 0.4) is 0 Å². The molecule has 2 N–H and O–H groups in total. The second-order valence-electron chi connectivity index (χ2n) is 6.01. The Kier molecular flexibility index (Phi) is 8.48. The minimum Gasteiger partial charge on any atom is -0.445 e. The van der Waals surface area contributed by atoms with Crippen LogP contribution in [0.4, 0.5) is 4.79 Å². The van der Waals surface area contributed by atoms with Gasteiger partial charge >= 0.3 is 6.09 Å². The van der Waals surface area contributed by atoms with Gasteiger partial charge < -0.3 is 10.1 Å². The van der Waals surface area contributed by atoms with Crippen LogP contribution in [0, 0.1) is 0 Å². The molecule has 0 radical (unpaired) electrons. The second kappa shape index (κ2) is 11.1. The van der Waals surface area contributed by atoms with Gasteiger partial charge in [-0.25, -0.2) is 4.79 Å². The summed E-state index contributed by atoms with van der Waals surface area (Å²) in [7, 11) is 1.44. The summed E-state index contributed by atoms with van der Waals surface area (Å²) in [5.74, 6) is -0.837. The highest BCUT2D eigenvalue weighted by Crippen LogP contribution is 2.06. The number of nitrogens with zero attached hydrogens (tertiary/aromatic N) is 1. The molecule has 0 unspecified atom stereocenters. The third-order valence-corrected chi connectivity index (χ3v) is 4.35. The smallest absolute Gasteiger partial charge is 0.408 e. The molecular weight excluding hydrogens is 426 g/mol. The Balaban J connectivity index is 2.01. The Morgan fingerprint density at radius 1 is 1.00 bits per heavy atom. The van der Waals surface area contributed by atoms with Gasteiger partial charge in [-0.05, 0) is 11.1 Å². The maximum atomic E-state index is 12.6. The molecule has 0 aliphatic carbocycles. The number of alkyl halides is 1. The zero-order valence-corrected chi connectivity index (χ0v) is 17.0. The van der Waals surface area contributed by atoms with Crippen molar-refractivity contribution < 1.29 is 19.1 Å². The van der Waals surface area contributed by atoms with Crippen LogP contribution in [-0.4, -0.2) is 41.3 Å². The van der Waals surface area contributed by atoms with Crippen LogP contribution in [0.2, 0.25) is 0 Å². The number of carbonyl (C=O) groups excluding carboxylic acids is 3. The van der Waals surface area contributed by atoms with Crippen molar-refractivity contribution >= 4 is 33.8 Å². The van der Waals surface area contributed by atoms with Crippen molar-refractivity contribution in [2.45, 2.75) is 19.1 Å². The molecule has 0 saturated carbocycles. The fourth-order valence-corrected chi connectivity index (χ4v) is 2.74. The number of halogens is 1. The Bertz CT molecular complexity index is 787. The third-order valence-electron chi connectivity index (χ3n) is 3.87. The van der Waals surface area contributed by atoms with Crippen molar-refractivity contribution in [3.8, 4) is 0 Å². The summed E-state index contributed by atoms with van der Waals surface area (Å²) in [6.45, 7) is 0.0916. The van der Waals surface area contributed by atoms with Crippen molar-refractivity contribution in [1.29, 1.82) is 0 Å². The van der Waals surface area contributed by atoms with Gasteiger partial charge in [-0.15, -0.1) is 0 Å². The number of benzene rings is 2. The van der Waals surface area contributed by atoms with E-state index in [9.17, 15) is 14.4 Å². The van der Waals surface area contributed by atoms with Crippen LogP contribution in [0.15, 0.2) is 60.7 Å². The van der Waals surface area contributed by atoms with E-state index < -0.39 is 18.0 Å². The Morgan fingerprint density at radius 2 is 1.57 bits per heavy atom. The number of ether oxygens (including phenoxy) is 1. The van der Waals surface area contributed by atoms with Gasteiger partial charge in [0.15, 0.2) is 0 Å². The molecule has 2 aromatic rings. The lowest BCUT2D eigenvalue weighted by molar-refractivity contribution is -0.138. The van der Waals surface area contributed by atoms with E-state index in [0.29, 0.717) is 0 Å². The predicted octanol–water partition coefficient (Wildman–Crippen LogP) is 2.41. The maximum absolute atomic E-state index is 12.6. The number of hydrazine groups is 1. The Morgan fingerprint density at radius 3 is 2.14 bits per heavy atom. The average molecular weight is 448 g/mol. The van der Waals surface area contributed by atoms with Crippen LogP contribution in [0.25, 0.3) is 0 Å². The molecule has 3 amide bonds. The molecule has 7 nitrogen and oxygen atoms in total. The van der Waals surface area contributed by atoms with Crippen LogP contribution >= 0.6 is 15.9 Å². The first-order valence-corrected chi connectivity index (χ1v) is 9.76. The van der Waals surface area contributed by atoms with Gasteiger partial charge in [0.25, 0.3) is 11.8 Å². The van der Waals surface area contributed by atoms with E-state index in [1.807, 2.05) is 60.7 Å². The van der Waals surface area contributed by atoms with E-state index in [1.165, 1.54) is 7.05 Å². The van der Waals surface area contributed by atoms with Gasteiger partial charge in [0, 0.05) is 13.5 Å². The lowest BCUT2D eigenvalue weighted by atomic mass is 10.1. The molecule has 0 aliphatic rings. The number of nitrogens with one attached hydrogen (secondary N) is 2. The molecule has 28 heavy (non-hydrogen) atoms. The standard InChI is InChI=1S/C20H22BrN3O4/c1-24(18(25)13-21)23-19(26)17(12-15-8-4-2-5-9-15)22-20(27)28-14-16-10-6-3-7-11-16/h2-11,17H,12-14H2,1H3,(H,22,27)(H,23,26)/t17-/m0/s1. The Labute approximate surface area is 172 Å². The number of amides is 3. The monoisotopic (exact) mass is 447 g/mol. The molecule has 8 heteroatoms.